The van der Waals surface area contributed by atoms with E-state index in [1.165, 1.54) is 11.8 Å². The summed E-state index contributed by atoms with van der Waals surface area (Å²) < 4.78 is 3.94. The molecule has 1 N–H and O–H groups in total. The van der Waals surface area contributed by atoms with Crippen LogP contribution in [0.15, 0.2) is 48.6 Å². The summed E-state index contributed by atoms with van der Waals surface area (Å²) in [6.45, 7) is 6.33. The van der Waals surface area contributed by atoms with Gasteiger partial charge in [0.05, 0.1) is 46.5 Å². The van der Waals surface area contributed by atoms with Crippen molar-refractivity contribution in [2.24, 2.45) is 17.8 Å². The monoisotopic (exact) mass is 558 g/mol. The number of carbonyl (C=O) groups is 3. The fraction of sp³-hybridized carbons (Fsp3) is 0.552. The molecule has 4 aliphatic rings. The largest absolute Gasteiger partial charge is 0.465 e. The third-order valence-electron chi connectivity index (χ3n) is 8.18. The first-order chi connectivity index (χ1) is 18.1. The molecule has 1 spiro atoms. The van der Waals surface area contributed by atoms with E-state index < -0.39 is 39.4 Å². The van der Waals surface area contributed by atoms with Gasteiger partial charge in [-0.25, -0.2) is 0 Å². The molecule has 0 radical (unpaired) electrons. The van der Waals surface area contributed by atoms with Crippen LogP contribution in [0.25, 0.3) is 0 Å². The maximum atomic E-state index is 14.6. The van der Waals surface area contributed by atoms with Crippen LogP contribution in [0.2, 0.25) is 5.02 Å². The summed E-state index contributed by atoms with van der Waals surface area (Å²) in [5, 5.41) is 10.9. The first kappa shape index (κ1) is 27.3. The van der Waals surface area contributed by atoms with Gasteiger partial charge in [-0.3, -0.25) is 14.4 Å². The number of nitrogens with zero attached hydrogens (tertiary/aromatic N) is 2. The van der Waals surface area contributed by atoms with Crippen LogP contribution >= 0.6 is 23.4 Å². The van der Waals surface area contributed by atoms with Crippen LogP contribution in [-0.4, -0.2) is 69.1 Å². The van der Waals surface area contributed by atoms with Gasteiger partial charge in [0.1, 0.15) is 6.04 Å². The van der Waals surface area contributed by atoms with Crippen molar-refractivity contribution in [1.82, 2.24) is 4.90 Å². The minimum absolute atomic E-state index is 0.183. The summed E-state index contributed by atoms with van der Waals surface area (Å²) in [5.74, 6) is -2.32. The summed E-state index contributed by atoms with van der Waals surface area (Å²) in [4.78, 5) is 45.8. The van der Waals surface area contributed by atoms with E-state index in [9.17, 15) is 19.5 Å². The zero-order valence-corrected chi connectivity index (χ0v) is 23.6. The number of benzene rings is 1. The Balaban J connectivity index is 1.69. The van der Waals surface area contributed by atoms with E-state index in [0.29, 0.717) is 23.7 Å². The van der Waals surface area contributed by atoms with Crippen molar-refractivity contribution in [3.05, 3.63) is 53.6 Å². The molecular formula is C29H35ClN2O5S. The van der Waals surface area contributed by atoms with Crippen molar-refractivity contribution in [3.8, 4) is 0 Å². The number of likely N-dealkylation sites (tertiary alicyclic amines) is 1. The molecule has 5 rings (SSSR count). The van der Waals surface area contributed by atoms with Crippen LogP contribution < -0.4 is 4.90 Å². The minimum atomic E-state index is -1.00. The van der Waals surface area contributed by atoms with Crippen LogP contribution in [0.5, 0.6) is 0 Å². The Morgan fingerprint density at radius 1 is 1.13 bits per heavy atom. The first-order valence-corrected chi connectivity index (χ1v) is 14.5. The van der Waals surface area contributed by atoms with Crippen molar-refractivity contribution in [1.29, 1.82) is 0 Å². The lowest BCUT2D eigenvalue weighted by atomic mass is 9.74. The number of anilines is 1. The number of hydrogen-bond donors (Lipinski definition) is 1. The SMILES string of the molecule is CC(C)C[C@H](CO)N1C(=O)[C@@H]2[C@H]3C(=O)OCCC/C=C\[C@@]3(C)S[C@@]23C=CCN(c2ccccc2Cl)C(=O)C13. The molecule has 1 unspecified atom stereocenters. The Hall–Kier alpha value is -2.29. The topological polar surface area (TPSA) is 87.2 Å². The number of hydrogen-bond acceptors (Lipinski definition) is 6. The standard InChI is InChI=1S/C29H35ClN2O5S/c1-18(2)16-19(17-33)32-24-26(35)31(21-11-6-5-10-20(21)30)14-9-13-29(24)22(25(32)34)23-27(36)37-15-8-4-7-12-28(23,3)38-29/h5-7,9-13,18-19,22-24,33H,4,8,14-17H2,1-3H3/b12-7-/t19-,22+,23+,24?,28-,29+/m1/s1. The number of amides is 2. The Morgan fingerprint density at radius 3 is 2.61 bits per heavy atom. The van der Waals surface area contributed by atoms with Gasteiger partial charge >= 0.3 is 5.97 Å². The molecular weight excluding hydrogens is 524 g/mol. The average Bonchev–Trinajstić information content (AvgIpc) is 3.22. The summed E-state index contributed by atoms with van der Waals surface area (Å²) in [6, 6.07) is 5.69. The molecule has 4 aliphatic heterocycles. The van der Waals surface area contributed by atoms with E-state index in [0.717, 1.165) is 12.8 Å². The van der Waals surface area contributed by atoms with E-state index in [-0.39, 0.29) is 30.9 Å². The zero-order valence-electron chi connectivity index (χ0n) is 22.0. The normalized spacial score (nSPS) is 34.6. The number of aliphatic hydroxyl groups is 1. The predicted octanol–water partition coefficient (Wildman–Crippen LogP) is 4.23. The van der Waals surface area contributed by atoms with Crippen LogP contribution in [0.4, 0.5) is 5.69 Å². The quantitative estimate of drug-likeness (QED) is 0.430. The second-order valence-electron chi connectivity index (χ2n) is 11.2. The number of carbonyl (C=O) groups excluding carboxylic acids is 3. The third-order valence-corrected chi connectivity index (χ3v) is 10.3. The number of para-hydroxylation sites is 1. The Morgan fingerprint density at radius 2 is 1.89 bits per heavy atom. The summed E-state index contributed by atoms with van der Waals surface area (Å²) in [7, 11) is 0. The molecule has 38 heavy (non-hydrogen) atoms. The predicted molar refractivity (Wildman–Crippen MR) is 149 cm³/mol. The molecule has 9 heteroatoms. The Kier molecular flexibility index (Phi) is 7.44. The molecule has 2 fully saturated rings. The number of cyclic esters (lactones) is 1. The number of esters is 1. The lowest BCUT2D eigenvalue weighted by Crippen LogP contribution is -2.57. The average molecular weight is 559 g/mol. The highest BCUT2D eigenvalue weighted by molar-refractivity contribution is 8.02. The molecule has 204 valence electrons. The van der Waals surface area contributed by atoms with Crippen LogP contribution in [0.3, 0.4) is 0 Å². The molecule has 0 saturated carbocycles. The first-order valence-electron chi connectivity index (χ1n) is 13.4. The second kappa shape index (κ2) is 10.4. The van der Waals surface area contributed by atoms with Crippen molar-refractivity contribution in [3.63, 3.8) is 0 Å². The molecule has 1 aromatic carbocycles. The number of halogens is 1. The number of allylic oxidation sites excluding steroid dienone is 1. The lowest BCUT2D eigenvalue weighted by Gasteiger charge is -2.40. The zero-order chi connectivity index (χ0) is 27.2. The highest BCUT2D eigenvalue weighted by Gasteiger charge is 2.74. The minimum Gasteiger partial charge on any atom is -0.465 e. The maximum absolute atomic E-state index is 14.6. The molecule has 7 nitrogen and oxygen atoms in total. The molecule has 0 aliphatic carbocycles. The van der Waals surface area contributed by atoms with E-state index in [1.807, 2.05) is 51.1 Å². The van der Waals surface area contributed by atoms with Crippen LogP contribution in [0, 0.1) is 17.8 Å². The lowest BCUT2D eigenvalue weighted by molar-refractivity contribution is -0.154. The Labute approximate surface area is 233 Å². The van der Waals surface area contributed by atoms with Crippen LogP contribution in [-0.2, 0) is 19.1 Å². The van der Waals surface area contributed by atoms with Crippen molar-refractivity contribution in [2.45, 2.75) is 61.6 Å². The van der Waals surface area contributed by atoms with Gasteiger partial charge in [0.25, 0.3) is 5.91 Å². The van der Waals surface area contributed by atoms with E-state index in [4.69, 9.17) is 16.3 Å². The number of fused-ring (bicyclic) bond motifs is 2. The molecule has 0 aromatic heterocycles. The summed E-state index contributed by atoms with van der Waals surface area (Å²) >= 11 is 8.04. The van der Waals surface area contributed by atoms with Crippen molar-refractivity contribution in [2.75, 3.05) is 24.7 Å². The van der Waals surface area contributed by atoms with E-state index in [1.54, 1.807) is 21.9 Å². The third kappa shape index (κ3) is 4.29. The Bertz CT molecular complexity index is 1190. The van der Waals surface area contributed by atoms with Crippen molar-refractivity contribution >= 4 is 46.8 Å². The molecule has 0 bridgehead atoms. The fourth-order valence-electron chi connectivity index (χ4n) is 6.67. The molecule has 2 saturated heterocycles. The van der Waals surface area contributed by atoms with Gasteiger partial charge in [-0.2, -0.15) is 0 Å². The number of ether oxygens (including phenoxy) is 1. The van der Waals surface area contributed by atoms with Gasteiger partial charge in [-0.1, -0.05) is 61.9 Å². The molecule has 4 heterocycles. The molecule has 6 atom stereocenters. The van der Waals surface area contributed by atoms with E-state index in [2.05, 4.69) is 6.08 Å². The number of thioether (sulfide) groups is 1. The second-order valence-corrected chi connectivity index (χ2v) is 13.4. The fourth-order valence-corrected chi connectivity index (χ4v) is 9.05. The highest BCUT2D eigenvalue weighted by atomic mass is 35.5. The van der Waals surface area contributed by atoms with Crippen molar-refractivity contribution < 1.29 is 24.2 Å². The van der Waals surface area contributed by atoms with Crippen LogP contribution in [0.1, 0.15) is 40.0 Å². The van der Waals surface area contributed by atoms with Gasteiger partial charge in [-0.15, -0.1) is 11.8 Å². The van der Waals surface area contributed by atoms with Gasteiger partial charge < -0.3 is 19.6 Å². The molecule has 1 aromatic rings. The number of rotatable bonds is 5. The highest BCUT2D eigenvalue weighted by Crippen LogP contribution is 2.65. The van der Waals surface area contributed by atoms with Gasteiger partial charge in [0.2, 0.25) is 5.91 Å². The summed E-state index contributed by atoms with van der Waals surface area (Å²) in [5.41, 5.74) is 0.567. The van der Waals surface area contributed by atoms with Gasteiger partial charge in [0.15, 0.2) is 0 Å². The van der Waals surface area contributed by atoms with E-state index >= 15 is 0 Å². The van der Waals surface area contributed by atoms with Gasteiger partial charge in [-0.05, 0) is 44.2 Å². The maximum Gasteiger partial charge on any atom is 0.311 e. The van der Waals surface area contributed by atoms with Gasteiger partial charge in [0, 0.05) is 11.3 Å². The summed E-state index contributed by atoms with van der Waals surface area (Å²) in [6.07, 6.45) is 10.00. The number of aliphatic hydroxyl groups excluding tert-OH is 1. The smallest absolute Gasteiger partial charge is 0.311 e. The molecule has 2 amide bonds.